The normalized spacial score (nSPS) is 13.0. The maximum Gasteiger partial charge on any atom is 0.310 e. The predicted octanol–water partition coefficient (Wildman–Crippen LogP) is 20.8. The molecule has 0 amide bonds. The Morgan fingerprint density at radius 3 is 0.905 bits per heavy atom. The van der Waals surface area contributed by atoms with Crippen molar-refractivity contribution >= 4 is 17.9 Å². The van der Waals surface area contributed by atoms with E-state index in [9.17, 15) is 14.4 Å². The van der Waals surface area contributed by atoms with Crippen molar-refractivity contribution in [1.82, 2.24) is 0 Å². The molecule has 0 aliphatic heterocycles. The summed E-state index contributed by atoms with van der Waals surface area (Å²) in [5.41, 5.74) is 0. The quantitative estimate of drug-likeness (QED) is 0.0261. The van der Waals surface area contributed by atoms with Gasteiger partial charge < -0.3 is 14.2 Å². The first-order valence-electron chi connectivity index (χ1n) is 30.5. The zero-order valence-electron chi connectivity index (χ0n) is 48.1. The molecular formula is C68H112O6. The lowest BCUT2D eigenvalue weighted by molar-refractivity contribution is -0.166. The SMILES string of the molecule is CC/C=C\C/C=C\C/C=C\C/C=C\C/C=C\CC(=O)OC(COC(=O)CCCCCCC/C=C\CCCCC)COC(=O)CCCCCCCCCCCCCCCCCC/C=C\C/C=C\C/C=C\C/C=C\CC. The lowest BCUT2D eigenvalue weighted by Gasteiger charge is -2.18. The fourth-order valence-electron chi connectivity index (χ4n) is 8.21. The molecule has 0 spiro atoms. The highest BCUT2D eigenvalue weighted by Crippen LogP contribution is 2.16. The van der Waals surface area contributed by atoms with Gasteiger partial charge in [0, 0.05) is 12.8 Å². The van der Waals surface area contributed by atoms with E-state index in [2.05, 4.69) is 130 Å². The van der Waals surface area contributed by atoms with Crippen LogP contribution in [0.15, 0.2) is 122 Å². The van der Waals surface area contributed by atoms with Crippen LogP contribution < -0.4 is 0 Å². The van der Waals surface area contributed by atoms with Gasteiger partial charge in [-0.05, 0) is 109 Å². The molecule has 0 bridgehead atoms. The molecular weight excluding hydrogens is 913 g/mol. The van der Waals surface area contributed by atoms with Crippen LogP contribution in [0, 0.1) is 0 Å². The van der Waals surface area contributed by atoms with Gasteiger partial charge in [-0.3, -0.25) is 14.4 Å². The Hall–Kier alpha value is -4.19. The van der Waals surface area contributed by atoms with Crippen molar-refractivity contribution in [2.45, 2.75) is 277 Å². The van der Waals surface area contributed by atoms with Gasteiger partial charge in [0.25, 0.3) is 0 Å². The summed E-state index contributed by atoms with van der Waals surface area (Å²) in [6.45, 7) is 6.30. The molecule has 6 heteroatoms. The van der Waals surface area contributed by atoms with Gasteiger partial charge in [0.05, 0.1) is 6.42 Å². The highest BCUT2D eigenvalue weighted by Gasteiger charge is 2.19. The van der Waals surface area contributed by atoms with E-state index in [1.807, 2.05) is 6.08 Å². The first kappa shape index (κ1) is 69.8. The van der Waals surface area contributed by atoms with Crippen molar-refractivity contribution in [3.63, 3.8) is 0 Å². The van der Waals surface area contributed by atoms with Crippen LogP contribution in [0.3, 0.4) is 0 Å². The van der Waals surface area contributed by atoms with Gasteiger partial charge in [0.15, 0.2) is 6.10 Å². The number of unbranched alkanes of at least 4 members (excludes halogenated alkanes) is 24. The molecule has 0 saturated heterocycles. The van der Waals surface area contributed by atoms with Crippen molar-refractivity contribution in [2.24, 2.45) is 0 Å². The standard InChI is InChI=1S/C68H112O6/c1-4-7-10-13-16-19-22-25-27-28-29-30-31-32-33-34-35-36-37-38-39-40-42-43-46-49-52-55-58-61-67(70)73-64-65(63-72-66(69)60-57-54-51-48-45-24-21-18-15-12-9-6-3)74-68(71)62-59-56-53-50-47-44-41-26-23-20-17-14-11-8-5-2/h7-8,10-11,16-21,25-27,29-30,41,47,50,56,59,65H,4-6,9,12-15,22-24,28,31-40,42-46,48-49,51-55,57-58,60-64H2,1-3H3/b10-7-,11-8-,19-16-,20-17-,21-18-,27-25-,30-29-,41-26-,50-47-,59-56-. The third-order valence-corrected chi connectivity index (χ3v) is 12.7. The highest BCUT2D eigenvalue weighted by molar-refractivity contribution is 5.72. The molecule has 420 valence electrons. The molecule has 0 saturated carbocycles. The first-order valence-corrected chi connectivity index (χ1v) is 30.5. The third-order valence-electron chi connectivity index (χ3n) is 12.7. The summed E-state index contributed by atoms with van der Waals surface area (Å²) in [6.07, 6.45) is 85.3. The smallest absolute Gasteiger partial charge is 0.310 e. The Morgan fingerprint density at radius 2 is 0.568 bits per heavy atom. The number of esters is 3. The summed E-state index contributed by atoms with van der Waals surface area (Å²) >= 11 is 0. The van der Waals surface area contributed by atoms with Crippen molar-refractivity contribution in [3.05, 3.63) is 122 Å². The number of carbonyl (C=O) groups is 3. The molecule has 0 N–H and O–H groups in total. The first-order chi connectivity index (χ1) is 36.5. The lowest BCUT2D eigenvalue weighted by Crippen LogP contribution is -2.30. The molecule has 0 aromatic heterocycles. The Labute approximate surface area is 456 Å². The molecule has 0 fully saturated rings. The van der Waals surface area contributed by atoms with Crippen LogP contribution in [0.2, 0.25) is 0 Å². The van der Waals surface area contributed by atoms with E-state index in [0.29, 0.717) is 12.8 Å². The maximum absolute atomic E-state index is 12.8. The number of ether oxygens (including phenoxy) is 3. The monoisotopic (exact) mass is 1020 g/mol. The van der Waals surface area contributed by atoms with Crippen LogP contribution in [-0.2, 0) is 28.6 Å². The van der Waals surface area contributed by atoms with Crippen LogP contribution >= 0.6 is 0 Å². The summed E-state index contributed by atoms with van der Waals surface area (Å²) in [5, 5.41) is 0. The second-order valence-electron chi connectivity index (χ2n) is 19.9. The van der Waals surface area contributed by atoms with Gasteiger partial charge >= 0.3 is 17.9 Å². The van der Waals surface area contributed by atoms with E-state index in [0.717, 1.165) is 109 Å². The minimum absolute atomic E-state index is 0.0931. The second kappa shape index (κ2) is 61.4. The highest BCUT2D eigenvalue weighted by atomic mass is 16.6. The molecule has 0 heterocycles. The number of allylic oxidation sites excluding steroid dienone is 19. The van der Waals surface area contributed by atoms with Crippen molar-refractivity contribution in [3.8, 4) is 0 Å². The maximum atomic E-state index is 12.8. The van der Waals surface area contributed by atoms with Crippen LogP contribution in [0.5, 0.6) is 0 Å². The predicted molar refractivity (Wildman–Crippen MR) is 320 cm³/mol. The average molecular weight is 1030 g/mol. The van der Waals surface area contributed by atoms with Crippen molar-refractivity contribution in [2.75, 3.05) is 13.2 Å². The van der Waals surface area contributed by atoms with E-state index in [1.165, 1.54) is 122 Å². The zero-order chi connectivity index (χ0) is 53.6. The summed E-state index contributed by atoms with van der Waals surface area (Å²) in [4.78, 5) is 38.1. The molecule has 0 aliphatic rings. The molecule has 0 aromatic rings. The van der Waals surface area contributed by atoms with Gasteiger partial charge in [-0.25, -0.2) is 0 Å². The Bertz CT molecular complexity index is 1550. The molecule has 6 nitrogen and oxygen atoms in total. The molecule has 0 radical (unpaired) electrons. The molecule has 0 aliphatic carbocycles. The van der Waals surface area contributed by atoms with Crippen LogP contribution in [-0.4, -0.2) is 37.2 Å². The summed E-state index contributed by atoms with van der Waals surface area (Å²) in [5.74, 6) is -1.06. The van der Waals surface area contributed by atoms with Gasteiger partial charge in [-0.1, -0.05) is 264 Å². The van der Waals surface area contributed by atoms with Gasteiger partial charge in [-0.15, -0.1) is 0 Å². The Morgan fingerprint density at radius 1 is 0.297 bits per heavy atom. The molecule has 1 unspecified atom stereocenters. The van der Waals surface area contributed by atoms with E-state index >= 15 is 0 Å². The van der Waals surface area contributed by atoms with E-state index in [4.69, 9.17) is 14.2 Å². The largest absolute Gasteiger partial charge is 0.462 e. The Kier molecular flexibility index (Phi) is 57.9. The van der Waals surface area contributed by atoms with Crippen LogP contribution in [0.4, 0.5) is 0 Å². The third kappa shape index (κ3) is 58.7. The van der Waals surface area contributed by atoms with Crippen LogP contribution in [0.1, 0.15) is 271 Å². The van der Waals surface area contributed by atoms with Crippen LogP contribution in [0.25, 0.3) is 0 Å². The number of hydrogen-bond acceptors (Lipinski definition) is 6. The topological polar surface area (TPSA) is 78.9 Å². The van der Waals surface area contributed by atoms with E-state index < -0.39 is 12.1 Å². The summed E-state index contributed by atoms with van der Waals surface area (Å²) in [7, 11) is 0. The number of rotatable bonds is 54. The molecule has 74 heavy (non-hydrogen) atoms. The molecule has 0 aromatic carbocycles. The van der Waals surface area contributed by atoms with Gasteiger partial charge in [0.1, 0.15) is 13.2 Å². The lowest BCUT2D eigenvalue weighted by atomic mass is 10.0. The van der Waals surface area contributed by atoms with Gasteiger partial charge in [0.2, 0.25) is 0 Å². The Balaban J connectivity index is 4.28. The fraction of sp³-hybridized carbons (Fsp3) is 0.662. The average Bonchev–Trinajstić information content (AvgIpc) is 3.40. The van der Waals surface area contributed by atoms with Crippen molar-refractivity contribution in [1.29, 1.82) is 0 Å². The molecule has 1 atom stereocenters. The van der Waals surface area contributed by atoms with Crippen molar-refractivity contribution < 1.29 is 28.6 Å². The second-order valence-corrected chi connectivity index (χ2v) is 19.9. The van der Waals surface area contributed by atoms with E-state index in [-0.39, 0.29) is 31.6 Å². The van der Waals surface area contributed by atoms with Gasteiger partial charge in [-0.2, -0.15) is 0 Å². The summed E-state index contributed by atoms with van der Waals surface area (Å²) in [6, 6.07) is 0. The van der Waals surface area contributed by atoms with E-state index in [1.54, 1.807) is 6.08 Å². The zero-order valence-corrected chi connectivity index (χ0v) is 48.1. The summed E-state index contributed by atoms with van der Waals surface area (Å²) < 4.78 is 16.7. The fourth-order valence-corrected chi connectivity index (χ4v) is 8.21. The number of hydrogen-bond donors (Lipinski definition) is 0. The number of carbonyl (C=O) groups excluding carboxylic acids is 3. The minimum Gasteiger partial charge on any atom is -0.462 e. The minimum atomic E-state index is -0.837. The molecule has 0 rings (SSSR count).